The van der Waals surface area contributed by atoms with Crippen LogP contribution in [0.4, 0.5) is 0 Å². The molecule has 0 aliphatic rings. The van der Waals surface area contributed by atoms with Crippen molar-refractivity contribution in [2.24, 2.45) is 0 Å². The molecule has 68 valence electrons. The Morgan fingerprint density at radius 1 is 1.21 bits per heavy atom. The normalized spacial score (nSPS) is 11.2. The molecule has 0 amide bonds. The van der Waals surface area contributed by atoms with Crippen LogP contribution in [0.15, 0.2) is 45.6 Å². The summed E-state index contributed by atoms with van der Waals surface area (Å²) in [5.74, 6) is 1.18. The molecular formula is C11H7NO2. The molecule has 2 aromatic heterocycles. The second-order valence-electron chi connectivity index (χ2n) is 2.66. The van der Waals surface area contributed by atoms with Crippen LogP contribution >= 0.6 is 0 Å². The minimum atomic E-state index is 0.449. The van der Waals surface area contributed by atoms with Crippen molar-refractivity contribution in [1.29, 1.82) is 5.26 Å². The maximum Gasteiger partial charge on any atom is 0.144 e. The first-order valence-electron chi connectivity index (χ1n) is 4.09. The third-order valence-electron chi connectivity index (χ3n) is 1.74. The SMILES string of the molecule is N#C/C(=C\c1ccco1)c1ccco1. The van der Waals surface area contributed by atoms with Crippen LogP contribution in [0.25, 0.3) is 11.6 Å². The fraction of sp³-hybridized carbons (Fsp3) is 0. The topological polar surface area (TPSA) is 50.1 Å². The Hall–Kier alpha value is -2.21. The van der Waals surface area contributed by atoms with Crippen molar-refractivity contribution in [3.63, 3.8) is 0 Å². The van der Waals surface area contributed by atoms with Crippen LogP contribution in [0, 0.1) is 11.3 Å². The first-order valence-corrected chi connectivity index (χ1v) is 4.09. The van der Waals surface area contributed by atoms with Crippen molar-refractivity contribution in [1.82, 2.24) is 0 Å². The Morgan fingerprint density at radius 2 is 2.00 bits per heavy atom. The monoisotopic (exact) mass is 185 g/mol. The van der Waals surface area contributed by atoms with Crippen LogP contribution in [-0.2, 0) is 0 Å². The van der Waals surface area contributed by atoms with Gasteiger partial charge in [-0.05, 0) is 24.3 Å². The minimum Gasteiger partial charge on any atom is -0.465 e. The van der Waals surface area contributed by atoms with E-state index in [0.717, 1.165) is 0 Å². The third kappa shape index (κ3) is 1.59. The van der Waals surface area contributed by atoms with E-state index in [4.69, 9.17) is 14.1 Å². The van der Waals surface area contributed by atoms with Crippen molar-refractivity contribution in [2.75, 3.05) is 0 Å². The Bertz CT molecular complexity index is 458. The molecule has 0 atom stereocenters. The van der Waals surface area contributed by atoms with Gasteiger partial charge in [0.05, 0.1) is 18.1 Å². The van der Waals surface area contributed by atoms with E-state index in [1.165, 1.54) is 6.26 Å². The van der Waals surface area contributed by atoms with Crippen molar-refractivity contribution >= 4 is 11.6 Å². The lowest BCUT2D eigenvalue weighted by Gasteiger charge is -1.90. The molecule has 0 aliphatic carbocycles. The second-order valence-corrected chi connectivity index (χ2v) is 2.66. The standard InChI is InChI=1S/C11H7NO2/c12-8-9(11-4-2-6-14-11)7-10-3-1-5-13-10/h1-7H/b9-7+. The van der Waals surface area contributed by atoms with Gasteiger partial charge in [-0.3, -0.25) is 0 Å². The zero-order chi connectivity index (χ0) is 9.80. The van der Waals surface area contributed by atoms with E-state index in [1.807, 2.05) is 0 Å². The molecule has 0 unspecified atom stereocenters. The average molecular weight is 185 g/mol. The summed E-state index contributed by atoms with van der Waals surface area (Å²) < 4.78 is 10.2. The smallest absolute Gasteiger partial charge is 0.144 e. The Kier molecular flexibility index (Phi) is 2.20. The predicted octanol–water partition coefficient (Wildman–Crippen LogP) is 2.94. The molecule has 0 aromatic carbocycles. The van der Waals surface area contributed by atoms with Crippen molar-refractivity contribution in [3.8, 4) is 6.07 Å². The molecule has 3 nitrogen and oxygen atoms in total. The summed E-state index contributed by atoms with van der Waals surface area (Å²) in [5.41, 5.74) is 0.449. The fourth-order valence-electron chi connectivity index (χ4n) is 1.11. The molecule has 14 heavy (non-hydrogen) atoms. The highest BCUT2D eigenvalue weighted by Gasteiger charge is 2.03. The van der Waals surface area contributed by atoms with E-state index < -0.39 is 0 Å². The van der Waals surface area contributed by atoms with Crippen LogP contribution in [-0.4, -0.2) is 0 Å². The zero-order valence-electron chi connectivity index (χ0n) is 7.31. The van der Waals surface area contributed by atoms with Gasteiger partial charge in [0.15, 0.2) is 0 Å². The van der Waals surface area contributed by atoms with E-state index in [1.54, 1.807) is 36.6 Å². The van der Waals surface area contributed by atoms with Gasteiger partial charge in [-0.15, -0.1) is 0 Å². The van der Waals surface area contributed by atoms with Crippen molar-refractivity contribution in [2.45, 2.75) is 0 Å². The highest BCUT2D eigenvalue weighted by atomic mass is 16.3. The van der Waals surface area contributed by atoms with Crippen LogP contribution in [0.1, 0.15) is 11.5 Å². The summed E-state index contributed by atoms with van der Waals surface area (Å²) in [4.78, 5) is 0. The number of nitriles is 1. The van der Waals surface area contributed by atoms with Crippen molar-refractivity contribution in [3.05, 3.63) is 48.3 Å². The maximum absolute atomic E-state index is 8.88. The fourth-order valence-corrected chi connectivity index (χ4v) is 1.11. The highest BCUT2D eigenvalue weighted by Crippen LogP contribution is 2.17. The van der Waals surface area contributed by atoms with Crippen LogP contribution < -0.4 is 0 Å². The Labute approximate surface area is 80.9 Å². The van der Waals surface area contributed by atoms with Crippen molar-refractivity contribution < 1.29 is 8.83 Å². The number of hydrogen-bond donors (Lipinski definition) is 0. The average Bonchev–Trinajstić information content (AvgIpc) is 2.86. The first-order chi connectivity index (χ1) is 6.90. The molecule has 0 bridgehead atoms. The molecule has 0 N–H and O–H groups in total. The van der Waals surface area contributed by atoms with Gasteiger partial charge in [0.25, 0.3) is 0 Å². The van der Waals surface area contributed by atoms with Gasteiger partial charge in [-0.1, -0.05) is 0 Å². The molecule has 3 heteroatoms. The van der Waals surface area contributed by atoms with Crippen LogP contribution in [0.2, 0.25) is 0 Å². The lowest BCUT2D eigenvalue weighted by atomic mass is 10.2. The number of rotatable bonds is 2. The summed E-state index contributed by atoms with van der Waals surface area (Å²) >= 11 is 0. The maximum atomic E-state index is 8.88. The Morgan fingerprint density at radius 3 is 2.57 bits per heavy atom. The summed E-state index contributed by atoms with van der Waals surface area (Å²) in [6.45, 7) is 0. The summed E-state index contributed by atoms with van der Waals surface area (Å²) in [7, 11) is 0. The molecule has 2 heterocycles. The van der Waals surface area contributed by atoms with Gasteiger partial charge in [0, 0.05) is 6.08 Å². The van der Waals surface area contributed by atoms with E-state index >= 15 is 0 Å². The molecule has 2 rings (SSSR count). The van der Waals surface area contributed by atoms with Gasteiger partial charge >= 0.3 is 0 Å². The number of hydrogen-bond acceptors (Lipinski definition) is 3. The quantitative estimate of drug-likeness (QED) is 0.676. The molecule has 0 radical (unpaired) electrons. The number of furan rings is 2. The second kappa shape index (κ2) is 3.67. The van der Waals surface area contributed by atoms with Gasteiger partial charge in [-0.25, -0.2) is 0 Å². The summed E-state index contributed by atoms with van der Waals surface area (Å²) in [6.07, 6.45) is 4.73. The lowest BCUT2D eigenvalue weighted by molar-refractivity contribution is 0.550. The van der Waals surface area contributed by atoms with Crippen LogP contribution in [0.3, 0.4) is 0 Å². The number of nitrogens with zero attached hydrogens (tertiary/aromatic N) is 1. The molecular weight excluding hydrogens is 178 g/mol. The van der Waals surface area contributed by atoms with Crippen LogP contribution in [0.5, 0.6) is 0 Å². The largest absolute Gasteiger partial charge is 0.465 e. The van der Waals surface area contributed by atoms with Gasteiger partial charge in [0.1, 0.15) is 17.6 Å². The minimum absolute atomic E-state index is 0.449. The molecule has 0 spiro atoms. The number of allylic oxidation sites excluding steroid dienone is 1. The summed E-state index contributed by atoms with van der Waals surface area (Å²) in [5, 5.41) is 8.88. The molecule has 2 aromatic rings. The summed E-state index contributed by atoms with van der Waals surface area (Å²) in [6, 6.07) is 9.07. The van der Waals surface area contributed by atoms with E-state index in [0.29, 0.717) is 17.1 Å². The zero-order valence-corrected chi connectivity index (χ0v) is 7.31. The molecule has 0 fully saturated rings. The lowest BCUT2D eigenvalue weighted by Crippen LogP contribution is -1.75. The van der Waals surface area contributed by atoms with Gasteiger partial charge in [-0.2, -0.15) is 5.26 Å². The van der Waals surface area contributed by atoms with E-state index in [-0.39, 0.29) is 0 Å². The van der Waals surface area contributed by atoms with Gasteiger partial charge < -0.3 is 8.83 Å². The third-order valence-corrected chi connectivity index (χ3v) is 1.74. The Balaban J connectivity index is 2.37. The van der Waals surface area contributed by atoms with Gasteiger partial charge in [0.2, 0.25) is 0 Å². The molecule has 0 aliphatic heterocycles. The molecule has 0 saturated heterocycles. The first kappa shape index (κ1) is 8.39. The van der Waals surface area contributed by atoms with E-state index in [2.05, 4.69) is 6.07 Å². The predicted molar refractivity (Wildman–Crippen MR) is 50.9 cm³/mol. The van der Waals surface area contributed by atoms with E-state index in [9.17, 15) is 0 Å². The highest BCUT2D eigenvalue weighted by molar-refractivity contribution is 5.86. The molecule has 0 saturated carbocycles.